The van der Waals surface area contributed by atoms with Gasteiger partial charge in [0.25, 0.3) is 17.7 Å². The van der Waals surface area contributed by atoms with E-state index in [1.54, 1.807) is 23.1 Å². The van der Waals surface area contributed by atoms with Crippen LogP contribution in [-0.4, -0.2) is 66.6 Å². The van der Waals surface area contributed by atoms with E-state index in [4.69, 9.17) is 14.2 Å². The molecule has 1 saturated heterocycles. The molecular weight excluding hydrogens is 548 g/mol. The summed E-state index contributed by atoms with van der Waals surface area (Å²) < 4.78 is 17.5. The predicted molar refractivity (Wildman–Crippen MR) is 161 cm³/mol. The van der Waals surface area contributed by atoms with Gasteiger partial charge in [-0.15, -0.1) is 0 Å². The molecule has 3 amide bonds. The number of aromatic amines is 1. The first-order chi connectivity index (χ1) is 20.9. The highest BCUT2D eigenvalue weighted by Gasteiger charge is 2.36. The number of carbonyl (C=O) groups is 3. The third-order valence-corrected chi connectivity index (χ3v) is 8.02. The number of amides is 3. The normalized spacial score (nSPS) is 19.0. The number of piperidine rings is 1. The summed E-state index contributed by atoms with van der Waals surface area (Å²) in [6.07, 6.45) is 0.855. The number of ether oxygens (including phenoxy) is 3. The maximum Gasteiger partial charge on any atom is 0.270 e. The van der Waals surface area contributed by atoms with Crippen molar-refractivity contribution in [3.63, 3.8) is 0 Å². The Labute approximate surface area is 249 Å². The lowest BCUT2D eigenvalue weighted by Gasteiger charge is -2.39. The highest BCUT2D eigenvalue weighted by atomic mass is 16.5. The van der Waals surface area contributed by atoms with Crippen LogP contribution in [0.15, 0.2) is 66.7 Å². The van der Waals surface area contributed by atoms with Gasteiger partial charge in [-0.3, -0.25) is 14.4 Å². The lowest BCUT2D eigenvalue weighted by Crippen LogP contribution is -2.58. The van der Waals surface area contributed by atoms with Crippen molar-refractivity contribution in [2.75, 3.05) is 26.8 Å². The van der Waals surface area contributed by atoms with Crippen molar-refractivity contribution < 1.29 is 28.6 Å². The maximum atomic E-state index is 13.9. The quantitative estimate of drug-likeness (QED) is 0.338. The standard InChI is InChI=1S/C33H34N4O6/c1-3-23-24-6-4-5-7-25(24)35-31(23)33(40)37-15-14-27-26(18-37)36-32(39)21-10-13-28(41-2)29(16-21)42-19-30(38)34-17-20-8-11-22(43-27)12-9-20/h4-13,16,26-27,35H,3,14-15,17-19H2,1-2H3,(H,34,38)(H,36,39)/t26-,27+/m0/s1. The number of rotatable bonds is 3. The molecule has 2 atom stereocenters. The third kappa shape index (κ3) is 5.86. The van der Waals surface area contributed by atoms with Crippen molar-refractivity contribution in [2.24, 2.45) is 0 Å². The Morgan fingerprint density at radius 2 is 1.88 bits per heavy atom. The van der Waals surface area contributed by atoms with Crippen molar-refractivity contribution >= 4 is 28.6 Å². The number of H-pyrrole nitrogens is 1. The molecule has 3 aliphatic rings. The Balaban J connectivity index is 1.31. The molecule has 4 bridgehead atoms. The van der Waals surface area contributed by atoms with Crippen LogP contribution in [-0.2, 0) is 17.8 Å². The van der Waals surface area contributed by atoms with Gasteiger partial charge in [0.1, 0.15) is 17.5 Å². The number of nitrogens with zero attached hydrogens (tertiary/aromatic N) is 1. The van der Waals surface area contributed by atoms with Crippen molar-refractivity contribution in [1.29, 1.82) is 0 Å². The second kappa shape index (κ2) is 12.1. The van der Waals surface area contributed by atoms with Gasteiger partial charge in [-0.2, -0.15) is 0 Å². The minimum Gasteiger partial charge on any atom is -0.493 e. The van der Waals surface area contributed by atoms with Crippen LogP contribution in [0.5, 0.6) is 17.2 Å². The van der Waals surface area contributed by atoms with E-state index in [-0.39, 0.29) is 42.7 Å². The fourth-order valence-electron chi connectivity index (χ4n) is 5.74. The van der Waals surface area contributed by atoms with Crippen LogP contribution >= 0.6 is 0 Å². The Bertz CT molecular complexity index is 1660. The molecule has 1 aromatic heterocycles. The largest absolute Gasteiger partial charge is 0.493 e. The minimum absolute atomic E-state index is 0.106. The summed E-state index contributed by atoms with van der Waals surface area (Å²) in [6.45, 7) is 2.87. The van der Waals surface area contributed by atoms with Crippen LogP contribution in [0, 0.1) is 0 Å². The van der Waals surface area contributed by atoms with E-state index in [1.165, 1.54) is 7.11 Å². The zero-order chi connectivity index (χ0) is 29.9. The molecule has 1 fully saturated rings. The van der Waals surface area contributed by atoms with Crippen LogP contribution in [0.4, 0.5) is 0 Å². The summed E-state index contributed by atoms with van der Waals surface area (Å²) in [5, 5.41) is 6.98. The topological polar surface area (TPSA) is 122 Å². The fraction of sp³-hybridized carbons (Fsp3) is 0.303. The van der Waals surface area contributed by atoms with Crippen molar-refractivity contribution in [1.82, 2.24) is 20.5 Å². The number of carbonyl (C=O) groups excluding carboxylic acids is 3. The van der Waals surface area contributed by atoms with E-state index in [0.717, 1.165) is 22.0 Å². The number of benzene rings is 3. The van der Waals surface area contributed by atoms with E-state index in [1.807, 2.05) is 55.5 Å². The molecule has 0 unspecified atom stereocenters. The van der Waals surface area contributed by atoms with Gasteiger partial charge in [0.2, 0.25) is 0 Å². The number of likely N-dealkylation sites (tertiary alicyclic amines) is 1. The van der Waals surface area contributed by atoms with E-state index < -0.39 is 6.04 Å². The summed E-state index contributed by atoms with van der Waals surface area (Å²) in [7, 11) is 1.49. The number of hydrogen-bond donors (Lipinski definition) is 3. The van der Waals surface area contributed by atoms with E-state index in [0.29, 0.717) is 48.7 Å². The molecule has 0 aliphatic carbocycles. The average Bonchev–Trinajstić information content (AvgIpc) is 3.42. The summed E-state index contributed by atoms with van der Waals surface area (Å²) >= 11 is 0. The van der Waals surface area contributed by atoms with Crippen LogP contribution in [0.3, 0.4) is 0 Å². The Hall–Kier alpha value is -4.99. The molecule has 3 aliphatic heterocycles. The molecule has 3 aromatic carbocycles. The average molecular weight is 583 g/mol. The van der Waals surface area contributed by atoms with Gasteiger partial charge in [0.15, 0.2) is 18.1 Å². The zero-order valence-electron chi connectivity index (χ0n) is 24.1. The number of hydrogen-bond acceptors (Lipinski definition) is 6. The lowest BCUT2D eigenvalue weighted by molar-refractivity contribution is -0.123. The smallest absolute Gasteiger partial charge is 0.270 e. The minimum atomic E-state index is -0.496. The van der Waals surface area contributed by atoms with E-state index in [2.05, 4.69) is 15.6 Å². The Morgan fingerprint density at radius 1 is 1.07 bits per heavy atom. The predicted octanol–water partition coefficient (Wildman–Crippen LogP) is 3.84. The van der Waals surface area contributed by atoms with Gasteiger partial charge in [-0.25, -0.2) is 0 Å². The van der Waals surface area contributed by atoms with Gasteiger partial charge in [0, 0.05) is 42.5 Å². The molecule has 7 rings (SSSR count). The van der Waals surface area contributed by atoms with E-state index >= 15 is 0 Å². The highest BCUT2D eigenvalue weighted by Crippen LogP contribution is 2.29. The first-order valence-electron chi connectivity index (χ1n) is 14.5. The van der Waals surface area contributed by atoms with Crippen LogP contribution in [0.1, 0.15) is 45.3 Å². The van der Waals surface area contributed by atoms with Gasteiger partial charge < -0.3 is 34.7 Å². The van der Waals surface area contributed by atoms with Crippen LogP contribution in [0.2, 0.25) is 0 Å². The second-order valence-corrected chi connectivity index (χ2v) is 10.7. The molecular formula is C33H34N4O6. The highest BCUT2D eigenvalue weighted by molar-refractivity contribution is 6.01. The number of nitrogens with one attached hydrogen (secondary N) is 3. The van der Waals surface area contributed by atoms with Gasteiger partial charge in [-0.05, 0) is 53.9 Å². The summed E-state index contributed by atoms with van der Waals surface area (Å²) in [5.41, 5.74) is 3.72. The molecule has 10 nitrogen and oxygen atoms in total. The Kier molecular flexibility index (Phi) is 7.91. The zero-order valence-corrected chi connectivity index (χ0v) is 24.1. The number of fused-ring (bicyclic) bond motifs is 8. The number of aromatic nitrogens is 1. The molecule has 43 heavy (non-hydrogen) atoms. The number of para-hydroxylation sites is 1. The Morgan fingerprint density at radius 3 is 2.67 bits per heavy atom. The first-order valence-corrected chi connectivity index (χ1v) is 14.5. The van der Waals surface area contributed by atoms with Crippen molar-refractivity contribution in [2.45, 2.75) is 38.5 Å². The summed E-state index contributed by atoms with van der Waals surface area (Å²) in [5.74, 6) is 0.548. The third-order valence-electron chi connectivity index (χ3n) is 8.02. The maximum absolute atomic E-state index is 13.9. The number of methoxy groups -OCH3 is 1. The molecule has 4 heterocycles. The number of aryl methyl sites for hydroxylation is 1. The monoisotopic (exact) mass is 582 g/mol. The van der Waals surface area contributed by atoms with E-state index in [9.17, 15) is 14.4 Å². The van der Waals surface area contributed by atoms with Gasteiger partial charge in [-0.1, -0.05) is 37.3 Å². The molecule has 222 valence electrons. The lowest BCUT2D eigenvalue weighted by atomic mass is 9.99. The molecule has 0 radical (unpaired) electrons. The van der Waals surface area contributed by atoms with Crippen molar-refractivity contribution in [3.05, 3.63) is 89.1 Å². The molecule has 0 spiro atoms. The van der Waals surface area contributed by atoms with Crippen molar-refractivity contribution in [3.8, 4) is 17.2 Å². The summed E-state index contributed by atoms with van der Waals surface area (Å²) in [4.78, 5) is 45.0. The van der Waals surface area contributed by atoms with Crippen LogP contribution in [0.25, 0.3) is 10.9 Å². The molecule has 4 aromatic rings. The van der Waals surface area contributed by atoms with Gasteiger partial charge >= 0.3 is 0 Å². The SMILES string of the molecule is CCc1c(C(=O)N2CC[C@H]3Oc4ccc(cc4)CNC(=O)COc4cc(ccc4OC)C(=O)N[C@H]3C2)[nH]c2ccccc12. The molecule has 10 heteroatoms. The second-order valence-electron chi connectivity index (χ2n) is 10.7. The summed E-state index contributed by atoms with van der Waals surface area (Å²) in [6, 6.07) is 19.7. The van der Waals surface area contributed by atoms with Crippen LogP contribution < -0.4 is 24.8 Å². The molecule has 3 N–H and O–H groups in total. The first kappa shape index (κ1) is 28.1. The fourth-order valence-corrected chi connectivity index (χ4v) is 5.74. The molecule has 0 saturated carbocycles. The van der Waals surface area contributed by atoms with Gasteiger partial charge in [0.05, 0.1) is 13.2 Å².